The zero-order valence-corrected chi connectivity index (χ0v) is 26.0. The van der Waals surface area contributed by atoms with Crippen molar-refractivity contribution in [2.45, 2.75) is 61.1 Å². The quantitative estimate of drug-likeness (QED) is 0.257. The number of hydrogen-bond acceptors (Lipinski definition) is 10. The maximum atomic E-state index is 12.1. The molecule has 2 aromatic carbocycles. The first kappa shape index (κ1) is 30.1. The van der Waals surface area contributed by atoms with Crippen molar-refractivity contribution in [3.8, 4) is 28.4 Å². The molecule has 12 heteroatoms. The molecule has 1 fully saturated rings. The van der Waals surface area contributed by atoms with Crippen LogP contribution in [0.25, 0.3) is 11.1 Å². The number of carbonyl (C=O) groups is 1. The summed E-state index contributed by atoms with van der Waals surface area (Å²) in [6, 6.07) is 7.51. The molecular formula is C27H33NO9PoS. The van der Waals surface area contributed by atoms with Crippen LogP contribution in [0.1, 0.15) is 30.5 Å². The average Bonchev–Trinajstić information content (AvgIpc) is 3.16. The Morgan fingerprint density at radius 1 is 1.13 bits per heavy atom. The summed E-state index contributed by atoms with van der Waals surface area (Å²) in [5, 5.41) is 43.6. The zero-order valence-electron chi connectivity index (χ0n) is 22.0. The number of hydrogen-bond donors (Lipinski definition) is 5. The van der Waals surface area contributed by atoms with Crippen molar-refractivity contribution in [2.24, 2.45) is 0 Å². The maximum absolute atomic E-state index is 12.1. The molecule has 0 saturated carbocycles. The van der Waals surface area contributed by atoms with Crippen molar-refractivity contribution < 1.29 is 44.2 Å². The Balaban J connectivity index is 1.89. The minimum absolute atomic E-state index is 0.155. The van der Waals surface area contributed by atoms with Gasteiger partial charge >= 0.3 is 217 Å². The summed E-state index contributed by atoms with van der Waals surface area (Å²) in [6.45, 7) is 0.902. The Bertz CT molecular complexity index is 1290. The van der Waals surface area contributed by atoms with Crippen molar-refractivity contribution in [1.82, 2.24) is 5.32 Å². The normalized spacial score (nSPS) is 26.1. The first-order valence-corrected chi connectivity index (χ1v) is 17.6. The van der Waals surface area contributed by atoms with Gasteiger partial charge < -0.3 is 15.3 Å². The van der Waals surface area contributed by atoms with E-state index in [-0.39, 0.29) is 23.4 Å². The fourth-order valence-corrected chi connectivity index (χ4v) is 7.82. The van der Waals surface area contributed by atoms with Gasteiger partial charge in [-0.05, 0) is 0 Å². The molecular weight excluding hydrogens is 723 g/mol. The van der Waals surface area contributed by atoms with Crippen LogP contribution in [-0.2, 0) is 16.0 Å². The average molecular weight is 757 g/mol. The molecule has 10 nitrogen and oxygen atoms in total. The molecule has 2 aliphatic rings. The number of ether oxygens (including phenoxy) is 4. The monoisotopic (exact) mass is 756 g/mol. The van der Waals surface area contributed by atoms with E-state index in [1.54, 1.807) is 6.07 Å². The van der Waals surface area contributed by atoms with E-state index in [1.165, 1.54) is 21.1 Å². The molecule has 1 unspecified atom stereocenters. The van der Waals surface area contributed by atoms with E-state index in [4.69, 9.17) is 31.2 Å². The number of aliphatic hydroxyl groups is 4. The van der Waals surface area contributed by atoms with Gasteiger partial charge in [-0.2, -0.15) is 0 Å². The first-order chi connectivity index (χ1) is 18.6. The van der Waals surface area contributed by atoms with Gasteiger partial charge in [-0.1, -0.05) is 0 Å². The summed E-state index contributed by atoms with van der Waals surface area (Å²) >= 11 is 4.92. The molecule has 0 bridgehead atoms. The van der Waals surface area contributed by atoms with Gasteiger partial charge in [0.25, 0.3) is 0 Å². The van der Waals surface area contributed by atoms with Crippen molar-refractivity contribution in [2.75, 3.05) is 20.8 Å². The molecule has 4 rings (SSSR count). The van der Waals surface area contributed by atoms with Crippen LogP contribution < -0.4 is 22.7 Å². The number of nitrogens with one attached hydrogen (secondary N) is 1. The van der Waals surface area contributed by atoms with Gasteiger partial charge in [0.15, 0.2) is 0 Å². The number of methoxy groups -OCH3 is 2. The molecule has 2 aromatic rings. The van der Waals surface area contributed by atoms with Gasteiger partial charge in [-0.15, -0.1) is 0 Å². The molecule has 1 aliphatic carbocycles. The summed E-state index contributed by atoms with van der Waals surface area (Å²) in [5.74, 6) is 0.644. The summed E-state index contributed by atoms with van der Waals surface area (Å²) in [4.78, 5) is 12.1. The summed E-state index contributed by atoms with van der Waals surface area (Å²) in [6.07, 6.45) is -6.11. The van der Waals surface area contributed by atoms with Gasteiger partial charge in [0, 0.05) is 0 Å². The van der Waals surface area contributed by atoms with Crippen LogP contribution >= 0.6 is 12.2 Å². The van der Waals surface area contributed by atoms with Gasteiger partial charge in [-0.25, -0.2) is 0 Å². The van der Waals surface area contributed by atoms with Crippen LogP contribution in [0.3, 0.4) is 0 Å². The minimum atomic E-state index is -1.59. The molecule has 6 atom stereocenters. The van der Waals surface area contributed by atoms with Crippen LogP contribution in [0.15, 0.2) is 24.3 Å². The van der Waals surface area contributed by atoms with Crippen LogP contribution in [0.4, 0.5) is 0 Å². The second kappa shape index (κ2) is 12.7. The predicted molar refractivity (Wildman–Crippen MR) is 146 cm³/mol. The number of fused-ring (bicyclic) bond motifs is 3. The van der Waals surface area contributed by atoms with Crippen molar-refractivity contribution in [3.05, 3.63) is 39.9 Å². The van der Waals surface area contributed by atoms with E-state index >= 15 is 0 Å². The molecule has 0 aromatic heterocycles. The molecule has 1 amide bonds. The molecule has 1 saturated heterocycles. The Kier molecular flexibility index (Phi) is 9.81. The van der Waals surface area contributed by atoms with E-state index in [9.17, 15) is 25.2 Å². The van der Waals surface area contributed by atoms with Gasteiger partial charge in [0.05, 0.1) is 6.61 Å². The Morgan fingerprint density at radius 2 is 1.85 bits per heavy atom. The summed E-state index contributed by atoms with van der Waals surface area (Å²) < 4.78 is 27.3. The number of carbonyl (C=O) groups excluding carboxylic acids is 1. The van der Waals surface area contributed by atoms with E-state index < -0.39 is 60.9 Å². The fourth-order valence-electron chi connectivity index (χ4n) is 5.09. The summed E-state index contributed by atoms with van der Waals surface area (Å²) in [5.41, 5.74) is 3.35. The molecule has 0 spiro atoms. The van der Waals surface area contributed by atoms with Crippen LogP contribution in [-0.4, -0.2) is 101 Å². The van der Waals surface area contributed by atoms with E-state index in [0.29, 0.717) is 18.6 Å². The van der Waals surface area contributed by atoms with Gasteiger partial charge in [0.1, 0.15) is 6.10 Å². The van der Waals surface area contributed by atoms with E-state index in [2.05, 4.69) is 16.0 Å². The Hall–Kier alpha value is -1.90. The van der Waals surface area contributed by atoms with Gasteiger partial charge in [-0.3, -0.25) is 0 Å². The standard InChI is InChI=1S/C26H30NO9S.CH3.Po/c1-12(29)27-17-8-7-13-9-18(35-26-23(32)22(31)21(30)19(11-28)36-26)24(33-2)25(34-3)20(13)15-6-4-5-14(37)10-16(15)17;;/h4,6,9-10,17,19,21-23,26,28,30-32H,7-8,11H2,1-3H3,(H,27,29);1H3;/t17?,19-,21-,22+,23-,26-;;/m1../s1. The summed E-state index contributed by atoms with van der Waals surface area (Å²) in [7, 11) is 2.97. The van der Waals surface area contributed by atoms with Crippen LogP contribution in [0, 0.1) is 4.51 Å². The number of aliphatic hydroxyl groups excluding tert-OH is 4. The number of rotatable bonds is 7. The SMILES string of the molecule is COc1c(O[C@@H]2O[C@H](CO)[C@@H](O)[C@H](O)[C@H]2O)cc2c(c1OC)-c1cc[c]([Po][CH3])c(=S)cc1C(NC(C)=O)CC2. The van der Waals surface area contributed by atoms with E-state index in [0.717, 1.165) is 30.0 Å². The number of amides is 1. The van der Waals surface area contributed by atoms with Crippen LogP contribution in [0.2, 0.25) is 4.58 Å². The first-order valence-electron chi connectivity index (χ1n) is 12.4. The second-order valence-corrected chi connectivity index (χ2v) is 13.1. The molecule has 5 N–H and O–H groups in total. The molecule has 1 aliphatic heterocycles. The van der Waals surface area contributed by atoms with E-state index in [1.807, 2.05) is 12.1 Å². The van der Waals surface area contributed by atoms with Crippen molar-refractivity contribution in [3.63, 3.8) is 0 Å². The number of aryl methyl sites for hydroxylation is 1. The Labute approximate surface area is 243 Å². The topological polar surface area (TPSA) is 147 Å². The second-order valence-electron chi connectivity index (χ2n) is 9.36. The molecule has 1 heterocycles. The third kappa shape index (κ3) is 5.93. The van der Waals surface area contributed by atoms with Crippen LogP contribution in [0.5, 0.6) is 17.2 Å². The Morgan fingerprint density at radius 3 is 2.46 bits per heavy atom. The molecule has 212 valence electrons. The van der Waals surface area contributed by atoms with Crippen molar-refractivity contribution in [1.29, 1.82) is 0 Å². The third-order valence-corrected chi connectivity index (χ3v) is 11.0. The molecule has 39 heavy (non-hydrogen) atoms. The number of benzene rings is 1. The van der Waals surface area contributed by atoms with Gasteiger partial charge in [0.2, 0.25) is 0 Å². The predicted octanol–water partition coefficient (Wildman–Crippen LogP) is 0.780. The van der Waals surface area contributed by atoms with Crippen molar-refractivity contribution >= 4 is 44.9 Å². The fraction of sp³-hybridized carbons (Fsp3) is 0.481. The zero-order chi connectivity index (χ0) is 28.4. The molecule has 0 radical (unpaired) electrons. The third-order valence-electron chi connectivity index (χ3n) is 6.97.